The first-order valence-corrected chi connectivity index (χ1v) is 13.9. The van der Waals surface area contributed by atoms with Gasteiger partial charge >= 0.3 is 29.3 Å². The molecule has 0 bridgehead atoms. The Balaban J connectivity index is 1.57. The number of carbonyl (C=O) groups excluding carboxylic acids is 3. The molecule has 0 unspecified atom stereocenters. The molecule has 5 rings (SSSR count). The summed E-state index contributed by atoms with van der Waals surface area (Å²) in [6.45, 7) is -0.561. The van der Waals surface area contributed by atoms with Crippen molar-refractivity contribution in [3.63, 3.8) is 0 Å². The van der Waals surface area contributed by atoms with E-state index in [1.54, 1.807) is 54.6 Å². The molecule has 4 aromatic rings. The maximum atomic E-state index is 13.3. The summed E-state index contributed by atoms with van der Waals surface area (Å²) in [4.78, 5) is 63.1. The van der Waals surface area contributed by atoms with Crippen molar-refractivity contribution in [2.75, 3.05) is 6.61 Å². The van der Waals surface area contributed by atoms with E-state index in [1.165, 1.54) is 36.4 Å². The molecule has 1 saturated heterocycles. The van der Waals surface area contributed by atoms with E-state index >= 15 is 0 Å². The number of nitro groups is 1. The number of nitrogens with zero attached hydrogens (tertiary/aromatic N) is 3. The van der Waals surface area contributed by atoms with Gasteiger partial charge in [-0.1, -0.05) is 82.5 Å². The van der Waals surface area contributed by atoms with Gasteiger partial charge < -0.3 is 29.1 Å². The molecule has 1 aliphatic rings. The lowest BCUT2D eigenvalue weighted by molar-refractivity contribution is -0.390. The number of halogens is 2. The Hall–Kier alpha value is -5.11. The van der Waals surface area contributed by atoms with Gasteiger partial charge in [0, 0.05) is 0 Å². The van der Waals surface area contributed by atoms with Crippen LogP contribution >= 0.6 is 23.2 Å². The predicted octanol–water partition coefficient (Wildman–Crippen LogP) is 4.66. The molecular formula is C30H21Cl2N3O10. The van der Waals surface area contributed by atoms with Crippen LogP contribution in [0.1, 0.15) is 37.3 Å². The molecule has 2 heterocycles. The molecule has 1 aromatic heterocycles. The number of rotatable bonds is 9. The molecule has 0 amide bonds. The number of esters is 3. The van der Waals surface area contributed by atoms with Crippen LogP contribution in [-0.4, -0.2) is 57.5 Å². The zero-order valence-corrected chi connectivity index (χ0v) is 24.4. The second-order valence-electron chi connectivity index (χ2n) is 9.46. The van der Waals surface area contributed by atoms with Crippen LogP contribution in [0.5, 0.6) is 0 Å². The zero-order valence-electron chi connectivity index (χ0n) is 22.9. The third-order valence-electron chi connectivity index (χ3n) is 6.58. The van der Waals surface area contributed by atoms with Crippen molar-refractivity contribution in [3.05, 3.63) is 138 Å². The summed E-state index contributed by atoms with van der Waals surface area (Å²) >= 11 is 11.9. The SMILES string of the molecule is O=C(OC[C@H]1O[C@@H](n2nc([N+](=O)[O-])c(Cl)c(Cl)c2=O)[C@H](OC(=O)c2ccccc2)[C@@H]1OC(=O)c1ccccc1)c1ccccc1. The molecule has 45 heavy (non-hydrogen) atoms. The first kappa shape index (κ1) is 31.3. The van der Waals surface area contributed by atoms with Crippen LogP contribution < -0.4 is 5.56 Å². The van der Waals surface area contributed by atoms with Gasteiger partial charge in [0.25, 0.3) is 0 Å². The highest BCUT2D eigenvalue weighted by molar-refractivity contribution is 6.43. The third-order valence-corrected chi connectivity index (χ3v) is 7.39. The Morgan fingerprint density at radius 1 is 0.778 bits per heavy atom. The molecule has 0 aliphatic carbocycles. The highest BCUT2D eigenvalue weighted by Gasteiger charge is 2.53. The smallest absolute Gasteiger partial charge is 0.409 e. The fraction of sp³-hybridized carbons (Fsp3) is 0.167. The van der Waals surface area contributed by atoms with E-state index in [0.717, 1.165) is 0 Å². The van der Waals surface area contributed by atoms with Gasteiger partial charge in [-0.2, -0.15) is 0 Å². The number of carbonyl (C=O) groups is 3. The zero-order chi connectivity index (χ0) is 32.1. The molecule has 15 heteroatoms. The summed E-state index contributed by atoms with van der Waals surface area (Å²) in [6.07, 6.45) is -6.31. The second-order valence-corrected chi connectivity index (χ2v) is 10.2. The van der Waals surface area contributed by atoms with E-state index in [-0.39, 0.29) is 16.7 Å². The van der Waals surface area contributed by atoms with Crippen LogP contribution in [0.15, 0.2) is 95.8 Å². The lowest BCUT2D eigenvalue weighted by atomic mass is 10.1. The van der Waals surface area contributed by atoms with Crippen molar-refractivity contribution in [2.45, 2.75) is 24.5 Å². The van der Waals surface area contributed by atoms with Gasteiger partial charge in [0.1, 0.15) is 17.7 Å². The van der Waals surface area contributed by atoms with Gasteiger partial charge in [0.05, 0.1) is 21.8 Å². The minimum atomic E-state index is -1.76. The van der Waals surface area contributed by atoms with E-state index in [1.807, 2.05) is 0 Å². The van der Waals surface area contributed by atoms with Gasteiger partial charge in [-0.25, -0.2) is 14.4 Å². The lowest BCUT2D eigenvalue weighted by Gasteiger charge is -2.24. The third kappa shape index (κ3) is 6.85. The largest absolute Gasteiger partial charge is 0.459 e. The van der Waals surface area contributed by atoms with Crippen molar-refractivity contribution in [2.24, 2.45) is 0 Å². The van der Waals surface area contributed by atoms with Crippen molar-refractivity contribution < 1.29 is 38.3 Å². The van der Waals surface area contributed by atoms with Crippen LogP contribution in [0.3, 0.4) is 0 Å². The summed E-state index contributed by atoms with van der Waals surface area (Å²) < 4.78 is 23.4. The average molecular weight is 654 g/mol. The van der Waals surface area contributed by atoms with Crippen LogP contribution in [0.4, 0.5) is 5.82 Å². The van der Waals surface area contributed by atoms with Crippen molar-refractivity contribution in [3.8, 4) is 0 Å². The molecule has 1 fully saturated rings. The molecular weight excluding hydrogens is 633 g/mol. The summed E-state index contributed by atoms with van der Waals surface area (Å²) in [6, 6.07) is 23.5. The Morgan fingerprint density at radius 2 is 1.24 bits per heavy atom. The first-order chi connectivity index (χ1) is 21.7. The molecule has 230 valence electrons. The quantitative estimate of drug-likeness (QED) is 0.107. The highest BCUT2D eigenvalue weighted by atomic mass is 35.5. The molecule has 4 atom stereocenters. The van der Waals surface area contributed by atoms with Gasteiger partial charge in [0.2, 0.25) is 6.23 Å². The Kier molecular flexibility index (Phi) is 9.52. The van der Waals surface area contributed by atoms with E-state index < -0.39 is 75.4 Å². The first-order valence-electron chi connectivity index (χ1n) is 13.2. The van der Waals surface area contributed by atoms with E-state index in [0.29, 0.717) is 4.68 Å². The molecule has 0 saturated carbocycles. The molecule has 0 N–H and O–H groups in total. The summed E-state index contributed by atoms with van der Waals surface area (Å²) in [5.41, 5.74) is -0.721. The number of ether oxygens (including phenoxy) is 4. The Bertz CT molecular complexity index is 1790. The van der Waals surface area contributed by atoms with Crippen LogP contribution in [0, 0.1) is 10.1 Å². The minimum absolute atomic E-state index is 0.0868. The second kappa shape index (κ2) is 13.7. The van der Waals surface area contributed by atoms with E-state index in [4.69, 9.17) is 42.1 Å². The van der Waals surface area contributed by atoms with Gasteiger partial charge in [-0.15, -0.1) is 0 Å². The van der Waals surface area contributed by atoms with Crippen molar-refractivity contribution >= 4 is 46.9 Å². The topological polar surface area (TPSA) is 166 Å². The number of aromatic nitrogens is 2. The summed E-state index contributed by atoms with van der Waals surface area (Å²) in [5, 5.41) is 13.9. The Labute approximate surface area is 263 Å². The molecule has 13 nitrogen and oxygen atoms in total. The van der Waals surface area contributed by atoms with E-state index in [9.17, 15) is 29.3 Å². The van der Waals surface area contributed by atoms with Crippen LogP contribution in [0.25, 0.3) is 0 Å². The standard InChI is InChI=1S/C30H21Cl2N3O10/c31-21-22(32)26(36)34(33-25(21)35(40)41)27-24(45-30(39)19-14-8-3-9-15-19)23(44-29(38)18-12-6-2-7-13-18)20(43-27)16-42-28(37)17-10-4-1-5-11-17/h1-15,20,23-24,27H,16H2/t20-,23-,24-,27-/m1/s1. The van der Waals surface area contributed by atoms with Crippen LogP contribution in [0.2, 0.25) is 10.0 Å². The lowest BCUT2D eigenvalue weighted by Crippen LogP contribution is -2.43. The normalized spacial score (nSPS) is 19.0. The van der Waals surface area contributed by atoms with Crippen molar-refractivity contribution in [1.82, 2.24) is 9.78 Å². The molecule has 3 aromatic carbocycles. The van der Waals surface area contributed by atoms with Gasteiger partial charge in [0.15, 0.2) is 17.2 Å². The van der Waals surface area contributed by atoms with Gasteiger partial charge in [-0.05, 0) is 41.3 Å². The molecule has 0 spiro atoms. The number of hydrogen-bond donors (Lipinski definition) is 0. The fourth-order valence-electron chi connectivity index (χ4n) is 4.43. The fourth-order valence-corrected chi connectivity index (χ4v) is 4.79. The maximum Gasteiger partial charge on any atom is 0.409 e. The van der Waals surface area contributed by atoms with Crippen LogP contribution in [-0.2, 0) is 18.9 Å². The summed E-state index contributed by atoms with van der Waals surface area (Å²) in [7, 11) is 0. The molecule has 0 radical (unpaired) electrons. The number of hydrogen-bond acceptors (Lipinski definition) is 11. The Morgan fingerprint density at radius 3 is 1.73 bits per heavy atom. The molecule has 1 aliphatic heterocycles. The average Bonchev–Trinajstić information content (AvgIpc) is 3.39. The van der Waals surface area contributed by atoms with Gasteiger partial charge in [-0.3, -0.25) is 4.79 Å². The number of benzene rings is 3. The minimum Gasteiger partial charge on any atom is -0.459 e. The van der Waals surface area contributed by atoms with Crippen molar-refractivity contribution in [1.29, 1.82) is 0 Å². The summed E-state index contributed by atoms with van der Waals surface area (Å²) in [5.74, 6) is -3.53. The van der Waals surface area contributed by atoms with E-state index in [2.05, 4.69) is 5.10 Å². The predicted molar refractivity (Wildman–Crippen MR) is 157 cm³/mol. The maximum absolute atomic E-state index is 13.3. The highest BCUT2D eigenvalue weighted by Crippen LogP contribution is 2.36. The monoisotopic (exact) mass is 653 g/mol.